The van der Waals surface area contributed by atoms with Crippen LogP contribution in [0.15, 0.2) is 309 Å². The van der Waals surface area contributed by atoms with E-state index in [1.165, 1.54) is 167 Å². The van der Waals surface area contributed by atoms with Gasteiger partial charge in [-0.1, -0.05) is 363 Å². The second kappa shape index (κ2) is 31.4. The summed E-state index contributed by atoms with van der Waals surface area (Å²) in [4.78, 5) is 15.9. The van der Waals surface area contributed by atoms with E-state index < -0.39 is 5.41 Å². The second-order valence-electron chi connectivity index (χ2n) is 49.7. The lowest BCUT2D eigenvalue weighted by Crippen LogP contribution is -2.62. The molecule has 0 amide bonds. The van der Waals surface area contributed by atoms with Crippen molar-refractivity contribution in [2.45, 2.75) is 248 Å². The highest BCUT2D eigenvalue weighted by Crippen LogP contribution is 2.57. The summed E-state index contributed by atoms with van der Waals surface area (Å²) < 4.78 is 0. The van der Waals surface area contributed by atoms with Gasteiger partial charge in [-0.3, -0.25) is 0 Å². The predicted octanol–water partition coefficient (Wildman–Crippen LogP) is 29.0. The third kappa shape index (κ3) is 14.9. The molecule has 6 aliphatic heterocycles. The van der Waals surface area contributed by atoms with Gasteiger partial charge in [-0.15, -0.1) is 0 Å². The number of fused-ring (bicyclic) bond motifs is 12. The first-order valence-electron chi connectivity index (χ1n) is 50.2. The highest BCUT2D eigenvalue weighted by Gasteiger charge is 2.53. The Bertz CT molecular complexity index is 7050. The molecule has 0 bridgehead atoms. The molecule has 686 valence electrons. The monoisotopic (exact) mass is 1790 g/mol. The number of nitrogens with zero attached hydrogens (tertiary/aromatic N) is 6. The van der Waals surface area contributed by atoms with E-state index in [4.69, 9.17) is 0 Å². The van der Waals surface area contributed by atoms with Crippen LogP contribution in [0.3, 0.4) is 0 Å². The number of hydrogen-bond acceptors (Lipinski definition) is 6. The standard InChI is InChI=1S/C128H135B3N6/c1-119(2,3)80-44-60-90(61-45-80)132-104-73-57-86(125(19,20)21)76-101(104)129-98-72-56-89(79-113(98)135(110-41-31-38-107(132)114(110)129)93-66-50-83(51-67-93)122(10,11)12)128(28,96-34-29-36-99-117(96)136(94-68-52-84(53-69-94)123(13,14)15)111-42-32-39-108-115(111)130(99)102-77-87(126(22,23)24)58-74-105(102)133(108)91-62-46-81(47-63-91)120(4,5)6)97-35-30-37-100-118(97)137(95-70-54-85(55-71-95)124(16,17)18)112-43-33-40-109-116(112)131(100)103-78-88(127(25,26)27)59-75-106(103)134(109)92-64-48-82(49-65-92)121(7,8)9/h29-79H,1-28H3. The number of anilines is 18. The lowest BCUT2D eigenvalue weighted by Gasteiger charge is -2.49. The molecule has 15 aromatic rings. The number of benzene rings is 15. The van der Waals surface area contributed by atoms with Crippen molar-refractivity contribution < 1.29 is 0 Å². The lowest BCUT2D eigenvalue weighted by molar-refractivity contribution is 0.590. The fourth-order valence-corrected chi connectivity index (χ4v) is 23.2. The molecule has 21 rings (SSSR count). The Morgan fingerprint density at radius 1 is 0.153 bits per heavy atom. The minimum atomic E-state index is -1.07. The first-order valence-corrected chi connectivity index (χ1v) is 50.2. The highest BCUT2D eigenvalue weighted by molar-refractivity contribution is 7.02. The molecule has 0 saturated heterocycles. The van der Waals surface area contributed by atoms with Crippen molar-refractivity contribution in [1.82, 2.24) is 0 Å². The third-order valence-electron chi connectivity index (χ3n) is 31.2. The molecule has 0 radical (unpaired) electrons. The Morgan fingerprint density at radius 2 is 0.358 bits per heavy atom. The first kappa shape index (κ1) is 90.7. The summed E-state index contributed by atoms with van der Waals surface area (Å²) in [5.74, 6) is 0. The summed E-state index contributed by atoms with van der Waals surface area (Å²) in [6.07, 6.45) is 0. The van der Waals surface area contributed by atoms with Crippen LogP contribution in [0.2, 0.25) is 0 Å². The summed E-state index contributed by atoms with van der Waals surface area (Å²) in [7, 11) is 0. The van der Waals surface area contributed by atoms with Crippen LogP contribution in [-0.2, 0) is 54.1 Å². The molecule has 6 aliphatic rings. The first-order chi connectivity index (χ1) is 64.5. The topological polar surface area (TPSA) is 19.4 Å². The predicted molar refractivity (Wildman–Crippen MR) is 595 cm³/mol. The van der Waals surface area contributed by atoms with Crippen molar-refractivity contribution in [2.24, 2.45) is 0 Å². The summed E-state index contributed by atoms with van der Waals surface area (Å²) in [5.41, 5.74) is 45.7. The van der Waals surface area contributed by atoms with Gasteiger partial charge in [-0.25, -0.2) is 0 Å². The molecule has 0 aliphatic carbocycles. The van der Waals surface area contributed by atoms with Crippen molar-refractivity contribution in [3.63, 3.8) is 0 Å². The Kier molecular flexibility index (Phi) is 20.8. The molecule has 9 heteroatoms. The van der Waals surface area contributed by atoms with E-state index in [0.717, 1.165) is 51.2 Å². The number of para-hydroxylation sites is 2. The van der Waals surface area contributed by atoms with E-state index in [1.54, 1.807) is 0 Å². The normalized spacial score (nSPS) is 14.6. The van der Waals surface area contributed by atoms with Gasteiger partial charge in [0.25, 0.3) is 20.1 Å². The molecule has 0 saturated carbocycles. The van der Waals surface area contributed by atoms with Gasteiger partial charge in [-0.05, 0) is 305 Å². The van der Waals surface area contributed by atoms with Crippen LogP contribution in [0.1, 0.15) is 261 Å². The number of rotatable bonds is 9. The van der Waals surface area contributed by atoms with Gasteiger partial charge < -0.3 is 29.4 Å². The van der Waals surface area contributed by atoms with Gasteiger partial charge in [0.1, 0.15) is 0 Å². The van der Waals surface area contributed by atoms with E-state index in [1.807, 2.05) is 0 Å². The minimum Gasteiger partial charge on any atom is -0.311 e. The molecule has 15 aromatic carbocycles. The van der Waals surface area contributed by atoms with Crippen LogP contribution in [0, 0.1) is 0 Å². The van der Waals surface area contributed by atoms with Crippen LogP contribution in [-0.4, -0.2) is 20.1 Å². The van der Waals surface area contributed by atoms with E-state index >= 15 is 0 Å². The lowest BCUT2D eigenvalue weighted by atomic mass is 9.32. The van der Waals surface area contributed by atoms with Crippen LogP contribution in [0.25, 0.3) is 0 Å². The zero-order valence-electron chi connectivity index (χ0n) is 86.4. The molecule has 0 spiro atoms. The summed E-state index contributed by atoms with van der Waals surface area (Å²) >= 11 is 0. The fourth-order valence-electron chi connectivity index (χ4n) is 23.2. The van der Waals surface area contributed by atoms with Crippen LogP contribution in [0.4, 0.5) is 102 Å². The highest BCUT2D eigenvalue weighted by atomic mass is 15.2. The van der Waals surface area contributed by atoms with Crippen LogP contribution in [0.5, 0.6) is 0 Å². The quantitative estimate of drug-likeness (QED) is 0.105. The fraction of sp³-hybridized carbons (Fsp3) is 0.297. The van der Waals surface area contributed by atoms with Crippen molar-refractivity contribution in [1.29, 1.82) is 0 Å². The summed E-state index contributed by atoms with van der Waals surface area (Å²) in [6, 6.07) is 124. The molecular weight excluding hydrogens is 1650 g/mol. The zero-order chi connectivity index (χ0) is 96.8. The third-order valence-corrected chi connectivity index (χ3v) is 31.2. The molecular formula is C128H135B3N6. The van der Waals surface area contributed by atoms with Crippen molar-refractivity contribution in [3.05, 3.63) is 376 Å². The second-order valence-corrected chi connectivity index (χ2v) is 49.7. The Labute approximate surface area is 819 Å². The smallest absolute Gasteiger partial charge is 0.252 e. The zero-order valence-corrected chi connectivity index (χ0v) is 86.4. The molecule has 6 nitrogen and oxygen atoms in total. The number of hydrogen-bond donors (Lipinski definition) is 0. The van der Waals surface area contributed by atoms with Gasteiger partial charge in [0.05, 0.1) is 0 Å². The largest absolute Gasteiger partial charge is 0.311 e. The van der Waals surface area contributed by atoms with Gasteiger partial charge in [0, 0.05) is 108 Å². The van der Waals surface area contributed by atoms with Gasteiger partial charge in [-0.2, -0.15) is 0 Å². The van der Waals surface area contributed by atoms with Crippen molar-refractivity contribution in [3.8, 4) is 0 Å². The minimum absolute atomic E-state index is 0.0273. The van der Waals surface area contributed by atoms with E-state index in [2.05, 4.69) is 533 Å². The van der Waals surface area contributed by atoms with E-state index in [-0.39, 0.29) is 68.9 Å². The Balaban J connectivity index is 0.910. The molecule has 0 atom stereocenters. The molecule has 0 unspecified atom stereocenters. The maximum Gasteiger partial charge on any atom is 0.252 e. The van der Waals surface area contributed by atoms with E-state index in [9.17, 15) is 0 Å². The maximum absolute atomic E-state index is 2.73. The van der Waals surface area contributed by atoms with Gasteiger partial charge in [0.2, 0.25) is 0 Å². The summed E-state index contributed by atoms with van der Waals surface area (Å²) in [5, 5.41) is 0. The van der Waals surface area contributed by atoms with Crippen LogP contribution < -0.4 is 78.6 Å². The van der Waals surface area contributed by atoms with Gasteiger partial charge >= 0.3 is 0 Å². The molecule has 0 aromatic heterocycles. The molecule has 6 heterocycles. The average Bonchev–Trinajstić information content (AvgIpc) is 0.676. The van der Waals surface area contributed by atoms with E-state index in [0.29, 0.717) is 0 Å². The molecule has 0 fully saturated rings. The molecule has 0 N–H and O–H groups in total. The van der Waals surface area contributed by atoms with Crippen LogP contribution >= 0.6 is 0 Å². The maximum atomic E-state index is 2.73. The SMILES string of the molecule is CC(C)(C)c1ccc(N2c3ccc(C(C)(C)C)cc3B3c4ccc(C(C)(c5cccc6c5N(c5ccc(C(C)(C)C)cc5)c5cccc7c5B6c5cc(C(C)(C)C)ccc5N7c5ccc(C(C)(C)C)cc5)c5cccc6c5N(c5ccc(C(C)(C)C)cc5)c5cccc7c5B6c5cc(C(C)(C)C)ccc5N7c5ccc(C(C)(C)C)cc5)cc4N(c4ccc(C(C)(C)C)cc4)c4cccc2c43)cc1. The molecule has 137 heavy (non-hydrogen) atoms. The van der Waals surface area contributed by atoms with Crippen molar-refractivity contribution in [2.75, 3.05) is 29.4 Å². The summed E-state index contributed by atoms with van der Waals surface area (Å²) in [6.45, 7) is 65.5. The Morgan fingerprint density at radius 3 is 0.606 bits per heavy atom. The van der Waals surface area contributed by atoms with Gasteiger partial charge in [0.15, 0.2) is 0 Å². The van der Waals surface area contributed by atoms with Crippen molar-refractivity contribution >= 4 is 172 Å². The Hall–Kier alpha value is -12.7. The average molecular weight is 1790 g/mol.